The number of nitrogens with one attached hydrogen (secondary N) is 3. The molecule has 0 spiro atoms. The molecule has 16 nitrogen and oxygen atoms in total. The number of rotatable bonds is 14. The molecule has 1 atom stereocenters. The third kappa shape index (κ3) is 8.68. The van der Waals surface area contributed by atoms with Gasteiger partial charge in [0.05, 0.1) is 24.0 Å². The largest absolute Gasteiger partial charge is 0.467 e. The number of primary amides is 1. The standard InChI is InChI=1S/C31H33ClN10O6S/c1-16(2)23(27(44)46-3)36-31(45)48-24-20(25(33)43)14-19(15-21(24)32)49-41-18-10-8-17(9-11-18)6-4-12-35-29-38-28(34)42-30(39-29)37-26(40-42)22-7-5-13-47-22/h5,7-11,13-16,23,41H,4,6,12H2,1-3H3,(H2,33,43)(H,36,45)(H3,34,35,37,38,39,40). The van der Waals surface area contributed by atoms with Crippen LogP contribution in [0, 0.1) is 5.92 Å². The van der Waals surface area contributed by atoms with Gasteiger partial charge < -0.3 is 40.7 Å². The highest BCUT2D eigenvalue weighted by Crippen LogP contribution is 2.35. The van der Waals surface area contributed by atoms with E-state index in [2.05, 4.69) is 35.4 Å². The fourth-order valence-corrected chi connectivity index (χ4v) is 5.58. The number of fused-ring (bicyclic) bond motifs is 1. The molecule has 7 N–H and O–H groups in total. The van der Waals surface area contributed by atoms with Crippen LogP contribution in [0.1, 0.15) is 36.2 Å². The average Bonchev–Trinajstić information content (AvgIpc) is 3.77. The van der Waals surface area contributed by atoms with E-state index >= 15 is 0 Å². The van der Waals surface area contributed by atoms with Gasteiger partial charge in [-0.2, -0.15) is 19.5 Å². The maximum absolute atomic E-state index is 12.5. The summed E-state index contributed by atoms with van der Waals surface area (Å²) in [6.45, 7) is 4.05. The molecule has 3 heterocycles. The average molecular weight is 709 g/mol. The first kappa shape index (κ1) is 34.8. The first-order chi connectivity index (χ1) is 23.5. The zero-order valence-corrected chi connectivity index (χ0v) is 28.2. The van der Waals surface area contributed by atoms with Crippen LogP contribution < -0.4 is 31.6 Å². The predicted octanol–water partition coefficient (Wildman–Crippen LogP) is 4.56. The molecule has 2 aromatic carbocycles. The number of nitrogen functional groups attached to an aromatic ring is 1. The first-order valence-electron chi connectivity index (χ1n) is 14.9. The van der Waals surface area contributed by atoms with Gasteiger partial charge in [-0.3, -0.25) is 4.79 Å². The highest BCUT2D eigenvalue weighted by atomic mass is 35.5. The van der Waals surface area contributed by atoms with Crippen molar-refractivity contribution in [3.05, 3.63) is 70.9 Å². The monoisotopic (exact) mass is 708 g/mol. The van der Waals surface area contributed by atoms with Crippen LogP contribution in [0.25, 0.3) is 17.4 Å². The summed E-state index contributed by atoms with van der Waals surface area (Å²) in [5.41, 5.74) is 13.4. The zero-order valence-electron chi connectivity index (χ0n) is 26.6. The molecule has 1 unspecified atom stereocenters. The Morgan fingerprint density at radius 1 is 1.10 bits per heavy atom. The second-order valence-corrected chi connectivity index (χ2v) is 12.2. The number of benzene rings is 2. The molecule has 5 aromatic rings. The lowest BCUT2D eigenvalue weighted by Crippen LogP contribution is -2.46. The molecular formula is C31H33ClN10O6S. The van der Waals surface area contributed by atoms with Gasteiger partial charge in [-0.05, 0) is 72.7 Å². The zero-order chi connectivity index (χ0) is 35.1. The summed E-state index contributed by atoms with van der Waals surface area (Å²) in [7, 11) is 1.21. The smallest absolute Gasteiger partial charge is 0.413 e. The van der Waals surface area contributed by atoms with Gasteiger partial charge in [0.15, 0.2) is 11.5 Å². The van der Waals surface area contributed by atoms with Crippen LogP contribution in [0.15, 0.2) is 64.1 Å². The van der Waals surface area contributed by atoms with E-state index in [9.17, 15) is 14.4 Å². The van der Waals surface area contributed by atoms with Crippen molar-refractivity contribution in [1.29, 1.82) is 0 Å². The minimum absolute atomic E-state index is 0.0213. The molecule has 0 aliphatic rings. The fraction of sp³-hybridized carbons (Fsp3) is 0.258. The Kier molecular flexibility index (Phi) is 11.0. The van der Waals surface area contributed by atoms with Crippen molar-refractivity contribution in [2.75, 3.05) is 29.4 Å². The highest BCUT2D eigenvalue weighted by Gasteiger charge is 2.27. The Balaban J connectivity index is 1.12. The topological polar surface area (TPSA) is 227 Å². The number of esters is 1. The van der Waals surface area contributed by atoms with Gasteiger partial charge >= 0.3 is 12.1 Å². The van der Waals surface area contributed by atoms with Crippen LogP contribution in [0.4, 0.5) is 22.4 Å². The van der Waals surface area contributed by atoms with Crippen LogP contribution >= 0.6 is 23.5 Å². The van der Waals surface area contributed by atoms with Crippen molar-refractivity contribution in [3.8, 4) is 17.3 Å². The van der Waals surface area contributed by atoms with E-state index in [1.54, 1.807) is 26.0 Å². The third-order valence-corrected chi connectivity index (χ3v) is 8.10. The number of furan rings is 1. The number of halogens is 1. The lowest BCUT2D eigenvalue weighted by atomic mass is 10.1. The molecule has 0 aliphatic heterocycles. The van der Waals surface area contributed by atoms with Gasteiger partial charge in [-0.15, -0.1) is 5.10 Å². The number of aryl methyl sites for hydroxylation is 1. The maximum Gasteiger partial charge on any atom is 0.413 e. The molecule has 49 heavy (non-hydrogen) atoms. The predicted molar refractivity (Wildman–Crippen MR) is 183 cm³/mol. The lowest BCUT2D eigenvalue weighted by molar-refractivity contribution is -0.144. The Labute approximate surface area is 289 Å². The van der Waals surface area contributed by atoms with Crippen LogP contribution in [0.5, 0.6) is 5.75 Å². The van der Waals surface area contributed by atoms with Crippen LogP contribution in [0.3, 0.4) is 0 Å². The molecule has 256 valence electrons. The number of nitrogens with two attached hydrogens (primary N) is 2. The molecule has 3 aromatic heterocycles. The third-order valence-electron chi connectivity index (χ3n) is 7.01. The fourth-order valence-electron chi connectivity index (χ4n) is 4.53. The Hall–Kier alpha value is -5.55. The normalized spacial score (nSPS) is 11.7. The minimum atomic E-state index is -0.991. The van der Waals surface area contributed by atoms with Gasteiger partial charge in [0, 0.05) is 17.1 Å². The molecule has 0 saturated carbocycles. The molecule has 0 fully saturated rings. The molecule has 18 heteroatoms. The van der Waals surface area contributed by atoms with Gasteiger partial charge in [0.1, 0.15) is 6.04 Å². The molecule has 0 bridgehead atoms. The van der Waals surface area contributed by atoms with E-state index in [1.807, 2.05) is 24.3 Å². The number of hydrogen-bond donors (Lipinski definition) is 5. The first-order valence-corrected chi connectivity index (χ1v) is 16.1. The Morgan fingerprint density at radius 3 is 2.55 bits per heavy atom. The molecule has 0 radical (unpaired) electrons. The van der Waals surface area contributed by atoms with E-state index in [0.717, 1.165) is 24.1 Å². The number of nitrogens with zero attached hydrogens (tertiary/aromatic N) is 5. The van der Waals surface area contributed by atoms with Crippen molar-refractivity contribution in [1.82, 2.24) is 29.9 Å². The Morgan fingerprint density at radius 2 is 1.88 bits per heavy atom. The second kappa shape index (κ2) is 15.6. The minimum Gasteiger partial charge on any atom is -0.467 e. The number of hydrogen-bond acceptors (Lipinski definition) is 14. The van der Waals surface area contributed by atoms with Crippen molar-refractivity contribution < 1.29 is 28.3 Å². The second-order valence-electron chi connectivity index (χ2n) is 10.9. The quantitative estimate of drug-likeness (QED) is 0.0605. The SMILES string of the molecule is COC(=O)C(NC(=O)Oc1c(Cl)cc(SNc2ccc(CCCNc3nc(N)n4nc(-c5ccco5)nc4n3)cc2)cc1C(N)=O)C(C)C. The summed E-state index contributed by atoms with van der Waals surface area (Å²) >= 11 is 7.58. The molecule has 0 aliphatic carbocycles. The van der Waals surface area contributed by atoms with E-state index in [-0.39, 0.29) is 28.2 Å². The van der Waals surface area contributed by atoms with Crippen molar-refractivity contribution >= 4 is 64.9 Å². The summed E-state index contributed by atoms with van der Waals surface area (Å²) in [6.07, 6.45) is 2.12. The van der Waals surface area contributed by atoms with Crippen molar-refractivity contribution in [2.45, 2.75) is 37.6 Å². The number of methoxy groups -OCH3 is 1. The van der Waals surface area contributed by atoms with E-state index < -0.39 is 24.0 Å². The van der Waals surface area contributed by atoms with Crippen LogP contribution in [-0.4, -0.2) is 62.2 Å². The number of carbonyl (C=O) groups excluding carboxylic acids is 3. The summed E-state index contributed by atoms with van der Waals surface area (Å²) in [5, 5.41) is 9.87. The molecule has 5 rings (SSSR count). The summed E-state index contributed by atoms with van der Waals surface area (Å²) < 4.78 is 19.9. The van der Waals surface area contributed by atoms with E-state index in [0.29, 0.717) is 34.8 Å². The number of anilines is 3. The number of ether oxygens (including phenoxy) is 2. The molecular weight excluding hydrogens is 676 g/mol. The summed E-state index contributed by atoms with van der Waals surface area (Å²) in [5.74, 6) is -0.339. The molecule has 2 amide bonds. The van der Waals surface area contributed by atoms with Gasteiger partial charge in [0.2, 0.25) is 17.7 Å². The van der Waals surface area contributed by atoms with Crippen molar-refractivity contribution in [2.24, 2.45) is 11.7 Å². The molecule has 0 saturated heterocycles. The number of aromatic nitrogens is 5. The maximum atomic E-state index is 12.5. The number of carbonyl (C=O) groups is 3. The Bertz CT molecular complexity index is 1950. The lowest BCUT2D eigenvalue weighted by Gasteiger charge is -2.20. The van der Waals surface area contributed by atoms with E-state index in [1.165, 1.54) is 42.0 Å². The van der Waals surface area contributed by atoms with Crippen molar-refractivity contribution in [3.63, 3.8) is 0 Å². The van der Waals surface area contributed by atoms with Crippen LogP contribution in [0.2, 0.25) is 5.02 Å². The van der Waals surface area contributed by atoms with Gasteiger partial charge in [-0.25, -0.2) is 9.59 Å². The van der Waals surface area contributed by atoms with Gasteiger partial charge in [-0.1, -0.05) is 37.6 Å². The highest BCUT2D eigenvalue weighted by molar-refractivity contribution is 8.00. The summed E-state index contributed by atoms with van der Waals surface area (Å²) in [6, 6.07) is 13.3. The van der Waals surface area contributed by atoms with Crippen LogP contribution in [-0.2, 0) is 16.0 Å². The van der Waals surface area contributed by atoms with Gasteiger partial charge in [0.25, 0.3) is 11.7 Å². The summed E-state index contributed by atoms with van der Waals surface area (Å²) in [4.78, 5) is 50.3. The number of amides is 2. The van der Waals surface area contributed by atoms with E-state index in [4.69, 9.17) is 37.0 Å².